The van der Waals surface area contributed by atoms with Gasteiger partial charge in [0, 0.05) is 0 Å². The van der Waals surface area contributed by atoms with Gasteiger partial charge in [0.2, 0.25) is 0 Å². The van der Waals surface area contributed by atoms with Gasteiger partial charge in [0.15, 0.2) is 0 Å². The molecular formula is C10H14OSe. The molecule has 2 heteroatoms. The third-order valence-electron chi connectivity index (χ3n) is 1.67. The standard InChI is InChI=1S/C10H14OSe/c1-3-12-10-7-5-4-6-9(10)8(2)11/h4-8,11H,3H2,1-2H3/t8-/m0/s1. The fraction of sp³-hybridized carbons (Fsp3) is 0.400. The molecule has 0 unspecified atom stereocenters. The van der Waals surface area contributed by atoms with E-state index in [1.807, 2.05) is 25.1 Å². The van der Waals surface area contributed by atoms with Crippen molar-refractivity contribution in [1.82, 2.24) is 0 Å². The zero-order valence-corrected chi connectivity index (χ0v) is 9.16. The van der Waals surface area contributed by atoms with E-state index in [2.05, 4.69) is 13.0 Å². The van der Waals surface area contributed by atoms with Crippen molar-refractivity contribution in [3.8, 4) is 0 Å². The van der Waals surface area contributed by atoms with E-state index in [-0.39, 0.29) is 6.10 Å². The van der Waals surface area contributed by atoms with E-state index in [9.17, 15) is 5.11 Å². The monoisotopic (exact) mass is 230 g/mol. The van der Waals surface area contributed by atoms with Crippen molar-refractivity contribution in [3.05, 3.63) is 29.8 Å². The zero-order chi connectivity index (χ0) is 8.97. The van der Waals surface area contributed by atoms with Gasteiger partial charge in [-0.05, 0) is 0 Å². The molecule has 1 aromatic rings. The summed E-state index contributed by atoms with van der Waals surface area (Å²) in [5, 5.41) is 10.6. The van der Waals surface area contributed by atoms with Crippen LogP contribution in [-0.4, -0.2) is 20.1 Å². The number of aliphatic hydroxyl groups is 1. The van der Waals surface area contributed by atoms with E-state index in [4.69, 9.17) is 0 Å². The Hall–Kier alpha value is -0.301. The average Bonchev–Trinajstić information content (AvgIpc) is 2.05. The van der Waals surface area contributed by atoms with E-state index < -0.39 is 0 Å². The Bertz CT molecular complexity index is 245. The first-order valence-electron chi connectivity index (χ1n) is 4.15. The summed E-state index contributed by atoms with van der Waals surface area (Å²) in [6, 6.07) is 8.15. The molecule has 66 valence electrons. The van der Waals surface area contributed by atoms with Crippen molar-refractivity contribution in [2.45, 2.75) is 25.3 Å². The number of benzene rings is 1. The third-order valence-corrected chi connectivity index (χ3v) is 3.71. The van der Waals surface area contributed by atoms with Crippen LogP contribution in [0.4, 0.5) is 0 Å². The molecule has 0 amide bonds. The summed E-state index contributed by atoms with van der Waals surface area (Å²) < 4.78 is 1.34. The topological polar surface area (TPSA) is 20.2 Å². The second-order valence-corrected chi connectivity index (χ2v) is 5.39. The van der Waals surface area contributed by atoms with Crippen molar-refractivity contribution < 1.29 is 5.11 Å². The molecule has 0 fully saturated rings. The number of aliphatic hydroxyl groups excluding tert-OH is 1. The SMILES string of the molecule is CC[Se]c1ccccc1[C@H](C)O. The summed E-state index contributed by atoms with van der Waals surface area (Å²) in [4.78, 5) is 0. The normalized spacial score (nSPS) is 12.9. The van der Waals surface area contributed by atoms with Crippen LogP contribution >= 0.6 is 0 Å². The third kappa shape index (κ3) is 2.34. The Kier molecular flexibility index (Phi) is 3.80. The van der Waals surface area contributed by atoms with E-state index in [0.717, 1.165) is 5.56 Å². The van der Waals surface area contributed by atoms with Crippen molar-refractivity contribution in [1.29, 1.82) is 0 Å². The van der Waals surface area contributed by atoms with Crippen LogP contribution in [0.15, 0.2) is 24.3 Å². The molecule has 1 atom stereocenters. The van der Waals surface area contributed by atoms with Crippen molar-refractivity contribution >= 4 is 19.4 Å². The van der Waals surface area contributed by atoms with Crippen LogP contribution in [-0.2, 0) is 0 Å². The molecule has 1 nitrogen and oxygen atoms in total. The van der Waals surface area contributed by atoms with E-state index in [1.54, 1.807) is 0 Å². The van der Waals surface area contributed by atoms with Gasteiger partial charge < -0.3 is 0 Å². The molecule has 0 saturated heterocycles. The molecule has 12 heavy (non-hydrogen) atoms. The summed E-state index contributed by atoms with van der Waals surface area (Å²) in [5.74, 6) is 0. The summed E-state index contributed by atoms with van der Waals surface area (Å²) in [6.45, 7) is 4.00. The van der Waals surface area contributed by atoms with Crippen molar-refractivity contribution in [3.63, 3.8) is 0 Å². The molecule has 1 aromatic carbocycles. The van der Waals surface area contributed by atoms with Gasteiger partial charge in [0.05, 0.1) is 0 Å². The molecule has 0 aromatic heterocycles. The van der Waals surface area contributed by atoms with Crippen LogP contribution in [0.3, 0.4) is 0 Å². The molecular weight excluding hydrogens is 215 g/mol. The summed E-state index contributed by atoms with van der Waals surface area (Å²) in [6.07, 6.45) is -0.324. The minimum absolute atomic E-state index is 0.324. The van der Waals surface area contributed by atoms with Gasteiger partial charge in [0.1, 0.15) is 0 Å². The Morgan fingerprint density at radius 2 is 2.08 bits per heavy atom. The maximum absolute atomic E-state index is 9.44. The molecule has 0 spiro atoms. The minimum atomic E-state index is -0.324. The second-order valence-electron chi connectivity index (χ2n) is 2.65. The molecule has 0 saturated carbocycles. The number of hydrogen-bond acceptors (Lipinski definition) is 1. The molecule has 1 rings (SSSR count). The van der Waals surface area contributed by atoms with Crippen molar-refractivity contribution in [2.75, 3.05) is 0 Å². The van der Waals surface area contributed by atoms with Crippen LogP contribution in [0, 0.1) is 0 Å². The van der Waals surface area contributed by atoms with Gasteiger partial charge in [-0.3, -0.25) is 0 Å². The Labute approximate surface area is 80.0 Å². The van der Waals surface area contributed by atoms with Crippen LogP contribution in [0.25, 0.3) is 0 Å². The Morgan fingerprint density at radius 1 is 1.42 bits per heavy atom. The predicted molar refractivity (Wildman–Crippen MR) is 52.9 cm³/mol. The maximum atomic E-state index is 9.44. The van der Waals surface area contributed by atoms with E-state index in [1.165, 1.54) is 9.78 Å². The van der Waals surface area contributed by atoms with Crippen LogP contribution in [0.5, 0.6) is 0 Å². The van der Waals surface area contributed by atoms with Crippen molar-refractivity contribution in [2.24, 2.45) is 0 Å². The van der Waals surface area contributed by atoms with E-state index >= 15 is 0 Å². The van der Waals surface area contributed by atoms with Gasteiger partial charge in [-0.1, -0.05) is 0 Å². The Morgan fingerprint density at radius 3 is 2.67 bits per heavy atom. The average molecular weight is 229 g/mol. The van der Waals surface area contributed by atoms with Crippen LogP contribution < -0.4 is 4.46 Å². The molecule has 0 aliphatic rings. The van der Waals surface area contributed by atoms with Gasteiger partial charge >= 0.3 is 79.6 Å². The summed E-state index contributed by atoms with van der Waals surface area (Å²) in [7, 11) is 0. The molecule has 0 bridgehead atoms. The summed E-state index contributed by atoms with van der Waals surface area (Å²) >= 11 is 0.521. The fourth-order valence-electron chi connectivity index (χ4n) is 1.11. The van der Waals surface area contributed by atoms with Crippen LogP contribution in [0.1, 0.15) is 25.5 Å². The van der Waals surface area contributed by atoms with Crippen LogP contribution in [0.2, 0.25) is 5.32 Å². The Balaban J connectivity index is 2.92. The van der Waals surface area contributed by atoms with Gasteiger partial charge in [-0.2, -0.15) is 0 Å². The molecule has 0 heterocycles. The quantitative estimate of drug-likeness (QED) is 0.779. The van der Waals surface area contributed by atoms with Gasteiger partial charge in [-0.25, -0.2) is 0 Å². The number of rotatable bonds is 3. The number of hydrogen-bond donors (Lipinski definition) is 1. The van der Waals surface area contributed by atoms with Gasteiger partial charge in [0.25, 0.3) is 0 Å². The zero-order valence-electron chi connectivity index (χ0n) is 7.45. The molecule has 0 radical (unpaired) electrons. The first-order chi connectivity index (χ1) is 5.75. The van der Waals surface area contributed by atoms with E-state index in [0.29, 0.717) is 15.0 Å². The first kappa shape index (κ1) is 9.78. The first-order valence-corrected chi connectivity index (χ1v) is 6.22. The molecule has 0 aliphatic carbocycles. The fourth-order valence-corrected chi connectivity index (χ4v) is 2.98. The van der Waals surface area contributed by atoms with Gasteiger partial charge in [-0.15, -0.1) is 0 Å². The molecule has 0 aliphatic heterocycles. The summed E-state index contributed by atoms with van der Waals surface area (Å²) in [5.41, 5.74) is 1.10. The molecule has 1 N–H and O–H groups in total. The second kappa shape index (κ2) is 4.66. The predicted octanol–water partition coefficient (Wildman–Crippen LogP) is 1.51.